The van der Waals surface area contributed by atoms with E-state index in [4.69, 9.17) is 4.74 Å². The first-order chi connectivity index (χ1) is 19.0. The fraction of sp³-hybridized carbons (Fsp3) is 0.167. The zero-order valence-electron chi connectivity index (χ0n) is 21.5. The minimum absolute atomic E-state index is 0.200. The number of halogens is 3. The van der Waals surface area contributed by atoms with Crippen LogP contribution < -0.4 is 14.8 Å². The number of anilines is 1. The number of sulfonamides is 1. The van der Waals surface area contributed by atoms with Crippen LogP contribution in [0.2, 0.25) is 0 Å². The summed E-state index contributed by atoms with van der Waals surface area (Å²) in [6.45, 7) is 2.29. The molecule has 0 fully saturated rings. The summed E-state index contributed by atoms with van der Waals surface area (Å²) in [5.41, 5.74) is 1.89. The fourth-order valence-electron chi connectivity index (χ4n) is 4.05. The Balaban J connectivity index is 1.34. The molecule has 4 aromatic carbocycles. The van der Waals surface area contributed by atoms with Gasteiger partial charge in [0.15, 0.2) is 0 Å². The standard InChI is InChI=1S/C30H27F3N2O4S/c1-21-7-5-10-27(28(21)22-11-13-23(14-12-22)30(31,32)33)29(36)35-24-15-17-25(18-16-24)39-20-6-19-34-40(37,38)26-8-3-2-4-9-26/h2-5,7-18,34H,6,19-20H2,1H3,(H,35,36). The number of carbonyl (C=O) groups excluding carboxylic acids is 1. The average Bonchev–Trinajstić information content (AvgIpc) is 2.93. The fourth-order valence-corrected chi connectivity index (χ4v) is 5.15. The largest absolute Gasteiger partial charge is 0.494 e. The van der Waals surface area contributed by atoms with Crippen molar-refractivity contribution in [3.05, 3.63) is 114 Å². The molecule has 4 aromatic rings. The third-order valence-electron chi connectivity index (χ3n) is 6.07. The van der Waals surface area contributed by atoms with Crippen LogP contribution >= 0.6 is 0 Å². The normalized spacial score (nSPS) is 11.7. The highest BCUT2D eigenvalue weighted by Gasteiger charge is 2.30. The molecule has 1 amide bonds. The van der Waals surface area contributed by atoms with Gasteiger partial charge in [-0.15, -0.1) is 0 Å². The Morgan fingerprint density at radius 2 is 1.52 bits per heavy atom. The van der Waals surface area contributed by atoms with Crippen LogP contribution in [-0.4, -0.2) is 27.5 Å². The summed E-state index contributed by atoms with van der Waals surface area (Å²) in [4.78, 5) is 13.3. The van der Waals surface area contributed by atoms with Gasteiger partial charge in [0, 0.05) is 17.8 Å². The van der Waals surface area contributed by atoms with Crippen LogP contribution in [0.15, 0.2) is 102 Å². The van der Waals surface area contributed by atoms with Gasteiger partial charge >= 0.3 is 6.18 Å². The lowest BCUT2D eigenvalue weighted by atomic mass is 9.94. The molecule has 6 nitrogen and oxygen atoms in total. The third kappa shape index (κ3) is 7.28. The first kappa shape index (κ1) is 28.8. The molecule has 4 rings (SSSR count). The summed E-state index contributed by atoms with van der Waals surface area (Å²) in [5.74, 6) is 0.142. The number of aryl methyl sites for hydroxylation is 1. The molecule has 0 heterocycles. The number of benzene rings is 4. The number of rotatable bonds is 10. The quantitative estimate of drug-likeness (QED) is 0.209. The molecule has 0 aliphatic heterocycles. The van der Waals surface area contributed by atoms with Gasteiger partial charge in [-0.2, -0.15) is 13.2 Å². The molecule has 0 aliphatic rings. The number of alkyl halides is 3. The van der Waals surface area contributed by atoms with E-state index in [1.807, 2.05) is 0 Å². The van der Waals surface area contributed by atoms with Gasteiger partial charge in [0.1, 0.15) is 5.75 Å². The summed E-state index contributed by atoms with van der Waals surface area (Å²) in [6.07, 6.45) is -4.00. The summed E-state index contributed by atoms with van der Waals surface area (Å²) < 4.78 is 71.6. The van der Waals surface area contributed by atoms with E-state index in [2.05, 4.69) is 10.0 Å². The predicted octanol–water partition coefficient (Wildman–Crippen LogP) is 6.68. The molecule has 0 unspecified atom stereocenters. The summed E-state index contributed by atoms with van der Waals surface area (Å²) in [6, 6.07) is 24.6. The van der Waals surface area contributed by atoms with Crippen molar-refractivity contribution in [2.75, 3.05) is 18.5 Å². The first-order valence-corrected chi connectivity index (χ1v) is 13.9. The zero-order chi connectivity index (χ0) is 28.8. The van der Waals surface area contributed by atoms with Crippen LogP contribution in [0.1, 0.15) is 27.9 Å². The summed E-state index contributed by atoms with van der Waals surface area (Å²) >= 11 is 0. The molecular formula is C30H27F3N2O4S. The lowest BCUT2D eigenvalue weighted by Gasteiger charge is -2.15. The van der Waals surface area contributed by atoms with Gasteiger partial charge in [-0.25, -0.2) is 13.1 Å². The van der Waals surface area contributed by atoms with Gasteiger partial charge in [0.05, 0.1) is 17.1 Å². The maximum absolute atomic E-state index is 13.1. The van der Waals surface area contributed by atoms with Crippen LogP contribution in [0.25, 0.3) is 11.1 Å². The van der Waals surface area contributed by atoms with Crippen molar-refractivity contribution in [1.82, 2.24) is 4.72 Å². The van der Waals surface area contributed by atoms with Crippen molar-refractivity contribution >= 4 is 21.6 Å². The molecule has 0 spiro atoms. The van der Waals surface area contributed by atoms with Gasteiger partial charge in [0.2, 0.25) is 10.0 Å². The van der Waals surface area contributed by atoms with E-state index in [1.54, 1.807) is 67.6 Å². The summed E-state index contributed by atoms with van der Waals surface area (Å²) in [7, 11) is -3.57. The van der Waals surface area contributed by atoms with Gasteiger partial charge in [0.25, 0.3) is 5.91 Å². The number of hydrogen-bond acceptors (Lipinski definition) is 4. The van der Waals surface area contributed by atoms with Crippen LogP contribution in [0.4, 0.5) is 18.9 Å². The molecule has 10 heteroatoms. The van der Waals surface area contributed by atoms with Crippen molar-refractivity contribution in [2.24, 2.45) is 0 Å². The molecule has 0 saturated carbocycles. The maximum atomic E-state index is 13.1. The van der Waals surface area contributed by atoms with Gasteiger partial charge in [-0.05, 0) is 84.6 Å². The smallest absolute Gasteiger partial charge is 0.416 e. The highest BCUT2D eigenvalue weighted by atomic mass is 32.2. The Morgan fingerprint density at radius 1 is 0.850 bits per heavy atom. The molecule has 0 bridgehead atoms. The number of ether oxygens (including phenoxy) is 1. The molecular weight excluding hydrogens is 541 g/mol. The lowest BCUT2D eigenvalue weighted by molar-refractivity contribution is -0.137. The van der Waals surface area contributed by atoms with E-state index < -0.39 is 27.7 Å². The Bertz CT molecular complexity index is 1560. The van der Waals surface area contributed by atoms with Crippen molar-refractivity contribution in [1.29, 1.82) is 0 Å². The van der Waals surface area contributed by atoms with Crippen molar-refractivity contribution in [2.45, 2.75) is 24.4 Å². The zero-order valence-corrected chi connectivity index (χ0v) is 22.4. The highest BCUT2D eigenvalue weighted by Crippen LogP contribution is 2.33. The van der Waals surface area contributed by atoms with Crippen molar-refractivity contribution in [3.63, 3.8) is 0 Å². The maximum Gasteiger partial charge on any atom is 0.416 e. The van der Waals surface area contributed by atoms with E-state index in [1.165, 1.54) is 24.3 Å². The number of carbonyl (C=O) groups is 1. The Hall–Kier alpha value is -4.15. The minimum Gasteiger partial charge on any atom is -0.494 e. The second kappa shape index (κ2) is 12.4. The molecule has 0 radical (unpaired) electrons. The molecule has 0 saturated heterocycles. The molecule has 208 valence electrons. The molecule has 0 aliphatic carbocycles. The van der Waals surface area contributed by atoms with E-state index in [0.717, 1.165) is 17.7 Å². The Kier molecular flexibility index (Phi) is 8.91. The Morgan fingerprint density at radius 3 is 2.17 bits per heavy atom. The van der Waals surface area contributed by atoms with Gasteiger partial charge < -0.3 is 10.1 Å². The molecule has 2 N–H and O–H groups in total. The average molecular weight is 569 g/mol. The van der Waals surface area contributed by atoms with Crippen LogP contribution in [0.5, 0.6) is 5.75 Å². The van der Waals surface area contributed by atoms with Gasteiger partial charge in [-0.3, -0.25) is 4.79 Å². The Labute approximate surface area is 230 Å². The topological polar surface area (TPSA) is 84.5 Å². The van der Waals surface area contributed by atoms with Crippen LogP contribution in [0, 0.1) is 6.92 Å². The number of nitrogens with one attached hydrogen (secondary N) is 2. The minimum atomic E-state index is -4.44. The van der Waals surface area contributed by atoms with Gasteiger partial charge in [-0.1, -0.05) is 42.5 Å². The first-order valence-electron chi connectivity index (χ1n) is 12.4. The summed E-state index contributed by atoms with van der Waals surface area (Å²) in [5, 5.41) is 2.82. The predicted molar refractivity (Wildman–Crippen MR) is 148 cm³/mol. The van der Waals surface area contributed by atoms with E-state index in [-0.39, 0.29) is 18.0 Å². The highest BCUT2D eigenvalue weighted by molar-refractivity contribution is 7.89. The van der Waals surface area contributed by atoms with E-state index in [9.17, 15) is 26.4 Å². The number of hydrogen-bond donors (Lipinski definition) is 2. The van der Waals surface area contributed by atoms with Crippen LogP contribution in [-0.2, 0) is 16.2 Å². The second-order valence-corrected chi connectivity index (χ2v) is 10.7. The number of amides is 1. The third-order valence-corrected chi connectivity index (χ3v) is 7.54. The molecule has 0 atom stereocenters. The van der Waals surface area contributed by atoms with Crippen LogP contribution in [0.3, 0.4) is 0 Å². The van der Waals surface area contributed by atoms with E-state index in [0.29, 0.717) is 34.5 Å². The SMILES string of the molecule is Cc1cccc(C(=O)Nc2ccc(OCCCNS(=O)(=O)c3ccccc3)cc2)c1-c1ccc(C(F)(F)F)cc1. The lowest BCUT2D eigenvalue weighted by Crippen LogP contribution is -2.25. The van der Waals surface area contributed by atoms with Crippen molar-refractivity contribution < 1.29 is 31.1 Å². The molecule has 0 aromatic heterocycles. The second-order valence-electron chi connectivity index (χ2n) is 8.96. The monoisotopic (exact) mass is 568 g/mol. The molecule has 40 heavy (non-hydrogen) atoms. The van der Waals surface area contributed by atoms with E-state index >= 15 is 0 Å². The van der Waals surface area contributed by atoms with Crippen molar-refractivity contribution in [3.8, 4) is 16.9 Å².